The van der Waals surface area contributed by atoms with Crippen LogP contribution in [0.5, 0.6) is 0 Å². The smallest absolute Gasteiger partial charge is 0.150 e. The Morgan fingerprint density at radius 3 is 2.65 bits per heavy atom. The third kappa shape index (κ3) is 2.84. The van der Waals surface area contributed by atoms with E-state index >= 15 is 0 Å². The summed E-state index contributed by atoms with van der Waals surface area (Å²) in [5.74, 6) is 0.614. The molecule has 2 aromatic rings. The molecule has 1 fully saturated rings. The van der Waals surface area contributed by atoms with E-state index in [0.29, 0.717) is 6.42 Å². The Hall–Kier alpha value is -1.06. The van der Waals surface area contributed by atoms with Gasteiger partial charge in [-0.15, -0.1) is 11.6 Å². The summed E-state index contributed by atoms with van der Waals surface area (Å²) in [6, 6.07) is 14.4. The van der Waals surface area contributed by atoms with E-state index in [1.165, 1.54) is 16.3 Å². The van der Waals surface area contributed by atoms with Gasteiger partial charge >= 0.3 is 0 Å². The molecule has 1 aliphatic rings. The molecule has 2 aromatic carbocycles. The van der Waals surface area contributed by atoms with E-state index in [2.05, 4.69) is 24.3 Å². The third-order valence-corrected chi connectivity index (χ3v) is 6.38. The molecule has 0 aromatic heterocycles. The van der Waals surface area contributed by atoms with Gasteiger partial charge < -0.3 is 0 Å². The molecule has 2 atom stereocenters. The topological polar surface area (TPSA) is 34.1 Å². The normalized spacial score (nSPS) is 22.9. The zero-order chi connectivity index (χ0) is 14.2. The van der Waals surface area contributed by atoms with Gasteiger partial charge in [0.05, 0.1) is 11.5 Å². The van der Waals surface area contributed by atoms with Gasteiger partial charge in [0.2, 0.25) is 0 Å². The highest BCUT2D eigenvalue weighted by molar-refractivity contribution is 7.91. The molecular weight excluding hydrogens is 292 g/mol. The lowest BCUT2D eigenvalue weighted by molar-refractivity contribution is 0.551. The molecule has 2 unspecified atom stereocenters. The molecule has 0 amide bonds. The van der Waals surface area contributed by atoms with E-state index in [9.17, 15) is 8.42 Å². The summed E-state index contributed by atoms with van der Waals surface area (Å²) in [5, 5.41) is 2.30. The molecule has 1 saturated heterocycles. The summed E-state index contributed by atoms with van der Waals surface area (Å²) in [4.78, 5) is 0. The number of fused-ring (bicyclic) bond motifs is 1. The highest BCUT2D eigenvalue weighted by Gasteiger charge is 2.32. The van der Waals surface area contributed by atoms with Crippen LogP contribution in [0, 0.1) is 5.92 Å². The molecule has 4 heteroatoms. The lowest BCUT2D eigenvalue weighted by Crippen LogP contribution is -2.19. The first-order valence-corrected chi connectivity index (χ1v) is 9.12. The molecule has 0 radical (unpaired) electrons. The van der Waals surface area contributed by atoms with Crippen molar-refractivity contribution in [3.8, 4) is 0 Å². The molecule has 3 rings (SSSR count). The average molecular weight is 309 g/mol. The van der Waals surface area contributed by atoms with Gasteiger partial charge in [0.15, 0.2) is 9.84 Å². The van der Waals surface area contributed by atoms with Gasteiger partial charge in [0.25, 0.3) is 0 Å². The lowest BCUT2D eigenvalue weighted by atomic mass is 9.95. The van der Waals surface area contributed by atoms with Crippen LogP contribution >= 0.6 is 11.6 Å². The fraction of sp³-hybridized carbons (Fsp3) is 0.375. The van der Waals surface area contributed by atoms with Gasteiger partial charge in [-0.25, -0.2) is 8.42 Å². The van der Waals surface area contributed by atoms with Crippen LogP contribution in [0.1, 0.15) is 12.0 Å². The van der Waals surface area contributed by atoms with E-state index in [-0.39, 0.29) is 22.8 Å². The van der Waals surface area contributed by atoms with Gasteiger partial charge in [0.1, 0.15) is 0 Å². The number of alkyl halides is 1. The van der Waals surface area contributed by atoms with Crippen LogP contribution in [0.4, 0.5) is 0 Å². The van der Waals surface area contributed by atoms with E-state index in [0.717, 1.165) is 6.42 Å². The maximum absolute atomic E-state index is 11.6. The molecule has 0 spiro atoms. The summed E-state index contributed by atoms with van der Waals surface area (Å²) in [7, 11) is -2.86. The molecule has 0 saturated carbocycles. The van der Waals surface area contributed by atoms with Crippen molar-refractivity contribution in [2.75, 3.05) is 11.5 Å². The number of benzene rings is 2. The van der Waals surface area contributed by atoms with E-state index in [4.69, 9.17) is 11.6 Å². The summed E-state index contributed by atoms with van der Waals surface area (Å²) in [6.07, 6.45) is 1.42. The predicted octanol–water partition coefficient (Wildman–Crippen LogP) is 3.42. The number of hydrogen-bond acceptors (Lipinski definition) is 2. The lowest BCUT2D eigenvalue weighted by Gasteiger charge is -2.16. The summed E-state index contributed by atoms with van der Waals surface area (Å²) < 4.78 is 23.1. The van der Waals surface area contributed by atoms with Crippen LogP contribution in [0.3, 0.4) is 0 Å². The minimum Gasteiger partial charge on any atom is -0.229 e. The monoisotopic (exact) mass is 308 g/mol. The Morgan fingerprint density at radius 2 is 1.90 bits per heavy atom. The van der Waals surface area contributed by atoms with Crippen LogP contribution in [-0.2, 0) is 16.3 Å². The van der Waals surface area contributed by atoms with Crippen molar-refractivity contribution >= 4 is 32.2 Å². The number of sulfone groups is 1. The van der Waals surface area contributed by atoms with Crippen molar-refractivity contribution in [2.24, 2.45) is 5.92 Å². The highest BCUT2D eigenvalue weighted by Crippen LogP contribution is 2.29. The molecule has 1 heterocycles. The molecule has 1 aliphatic heterocycles. The quantitative estimate of drug-likeness (QED) is 0.814. The molecule has 0 bridgehead atoms. The molecule has 2 nitrogen and oxygen atoms in total. The van der Waals surface area contributed by atoms with Crippen LogP contribution in [0.25, 0.3) is 10.8 Å². The second-order valence-corrected chi connectivity index (χ2v) is 8.31. The van der Waals surface area contributed by atoms with Crippen LogP contribution in [-0.4, -0.2) is 25.3 Å². The number of hydrogen-bond donors (Lipinski definition) is 0. The Kier molecular flexibility index (Phi) is 3.74. The van der Waals surface area contributed by atoms with Gasteiger partial charge in [-0.05, 0) is 35.1 Å². The predicted molar refractivity (Wildman–Crippen MR) is 84.1 cm³/mol. The van der Waals surface area contributed by atoms with Gasteiger partial charge in [0, 0.05) is 5.38 Å². The molecule has 106 valence electrons. The number of halogens is 1. The Labute approximate surface area is 124 Å². The number of rotatable bonds is 3. The Balaban J connectivity index is 1.83. The summed E-state index contributed by atoms with van der Waals surface area (Å²) in [5.41, 5.74) is 1.20. The maximum atomic E-state index is 11.6. The van der Waals surface area contributed by atoms with Crippen molar-refractivity contribution < 1.29 is 8.42 Å². The first-order chi connectivity index (χ1) is 9.55. The molecule has 0 N–H and O–H groups in total. The average Bonchev–Trinajstić information content (AvgIpc) is 2.80. The Morgan fingerprint density at radius 1 is 1.15 bits per heavy atom. The first-order valence-electron chi connectivity index (χ1n) is 6.86. The molecule has 20 heavy (non-hydrogen) atoms. The van der Waals surface area contributed by atoms with Crippen molar-refractivity contribution in [3.05, 3.63) is 48.0 Å². The SMILES string of the molecule is O=S1(=O)CCC(C(Cl)Cc2cccc3ccccc23)C1. The maximum Gasteiger partial charge on any atom is 0.150 e. The highest BCUT2D eigenvalue weighted by atomic mass is 35.5. The largest absolute Gasteiger partial charge is 0.229 e. The third-order valence-electron chi connectivity index (χ3n) is 4.07. The van der Waals surface area contributed by atoms with Gasteiger partial charge in [-0.1, -0.05) is 42.5 Å². The second kappa shape index (κ2) is 5.38. The molecular formula is C16H17ClO2S. The van der Waals surface area contributed by atoms with Crippen LogP contribution in [0.15, 0.2) is 42.5 Å². The van der Waals surface area contributed by atoms with Crippen molar-refractivity contribution in [1.29, 1.82) is 0 Å². The van der Waals surface area contributed by atoms with Crippen LogP contribution < -0.4 is 0 Å². The second-order valence-electron chi connectivity index (χ2n) is 5.52. The van der Waals surface area contributed by atoms with Crippen molar-refractivity contribution in [2.45, 2.75) is 18.2 Å². The Bertz CT molecular complexity index is 719. The summed E-state index contributed by atoms with van der Waals surface area (Å²) in [6.45, 7) is 0. The van der Waals surface area contributed by atoms with Crippen molar-refractivity contribution in [1.82, 2.24) is 0 Å². The zero-order valence-electron chi connectivity index (χ0n) is 11.1. The van der Waals surface area contributed by atoms with Crippen molar-refractivity contribution in [3.63, 3.8) is 0 Å². The fourth-order valence-corrected chi connectivity index (χ4v) is 5.32. The fourth-order valence-electron chi connectivity index (χ4n) is 2.96. The first kappa shape index (κ1) is 13.9. The van der Waals surface area contributed by atoms with Gasteiger partial charge in [-0.3, -0.25) is 0 Å². The van der Waals surface area contributed by atoms with Gasteiger partial charge in [-0.2, -0.15) is 0 Å². The minimum absolute atomic E-state index is 0.0839. The standard InChI is InChI=1S/C16H17ClO2S/c17-16(14-8-9-20(18,19)11-14)10-13-6-3-5-12-4-1-2-7-15(12)13/h1-7,14,16H,8-11H2. The molecule has 0 aliphatic carbocycles. The zero-order valence-corrected chi connectivity index (χ0v) is 12.7. The minimum atomic E-state index is -2.86. The van der Waals surface area contributed by atoms with E-state index < -0.39 is 9.84 Å². The van der Waals surface area contributed by atoms with E-state index in [1.54, 1.807) is 0 Å². The van der Waals surface area contributed by atoms with E-state index in [1.807, 2.05) is 18.2 Å². The summed E-state index contributed by atoms with van der Waals surface area (Å²) >= 11 is 6.48. The van der Waals surface area contributed by atoms with Crippen LogP contribution in [0.2, 0.25) is 0 Å².